The zero-order chi connectivity index (χ0) is 38.0. The molecule has 1 aromatic carbocycles. The number of fused-ring (bicyclic) bond motifs is 1. The van der Waals surface area contributed by atoms with Gasteiger partial charge >= 0.3 is 47.6 Å². The fraction of sp³-hybridized carbons (Fsp3) is 0.640. The number of anilines is 1. The number of amides is 1. The van der Waals surface area contributed by atoms with Crippen molar-refractivity contribution in [1.82, 2.24) is 0 Å². The highest BCUT2D eigenvalue weighted by atomic mass is 32.2. The van der Waals surface area contributed by atoms with E-state index >= 15 is 0 Å². The molecule has 0 aliphatic carbocycles. The zero-order valence-electron chi connectivity index (χ0n) is 23.7. The molecule has 1 unspecified atom stereocenters. The summed E-state index contributed by atoms with van der Waals surface area (Å²) >= 11 is 0. The van der Waals surface area contributed by atoms with Crippen LogP contribution >= 0.6 is 0 Å². The van der Waals surface area contributed by atoms with Crippen LogP contribution in [0.25, 0.3) is 0 Å². The Kier molecular flexibility index (Phi) is 10.4. The predicted octanol–water partition coefficient (Wildman–Crippen LogP) is 6.82. The third-order valence-electron chi connectivity index (χ3n) is 7.31. The largest absolute Gasteiger partial charge is 0.460 e. The number of benzene rings is 1. The first kappa shape index (κ1) is 41.1. The summed E-state index contributed by atoms with van der Waals surface area (Å²) in [6.07, 6.45) is -11.0. The summed E-state index contributed by atoms with van der Waals surface area (Å²) in [6.45, 7) is 1.00. The molecule has 0 spiro atoms. The van der Waals surface area contributed by atoms with Gasteiger partial charge in [0.25, 0.3) is 5.91 Å². The van der Waals surface area contributed by atoms with Gasteiger partial charge < -0.3 is 10.0 Å². The lowest BCUT2D eigenvalue weighted by Crippen LogP contribution is -2.74. The Balaban J connectivity index is 2.60. The van der Waals surface area contributed by atoms with Crippen LogP contribution in [0.2, 0.25) is 0 Å². The molecular weight excluding hydrogens is 733 g/mol. The summed E-state index contributed by atoms with van der Waals surface area (Å²) < 4.78 is 255. The molecule has 0 radical (unpaired) electrons. The first-order chi connectivity index (χ1) is 21.2. The molecule has 1 aromatic rings. The molecule has 0 fully saturated rings. The molecule has 5 nitrogen and oxygen atoms in total. The first-order valence-electron chi connectivity index (χ1n) is 12.7. The standard InChI is InChI=1S/C25H20F17NO4S/c1-3-9-43-15-7-6-13(5-4-10-44)12-14(15)17(2,16(43)45)48(46,47)11-8-18(26,27)19(28,29)20(30,31)21(32,33)22(34,35)23(36,37)24(38,39)25(40,41)42/h6-7,12,44H,3,8-11H2,1-2H3. The van der Waals surface area contributed by atoms with Crippen LogP contribution in [-0.2, 0) is 19.4 Å². The molecule has 1 atom stereocenters. The second-order valence-electron chi connectivity index (χ2n) is 10.4. The highest BCUT2D eigenvalue weighted by Crippen LogP contribution is 2.64. The maximum atomic E-state index is 14.5. The smallest absolute Gasteiger partial charge is 0.384 e. The number of rotatable bonds is 12. The molecule has 1 heterocycles. The molecular formula is C25H20F17NO4S. The SMILES string of the molecule is CCCN1C(=O)C(C)(S(=O)(=O)CCC(F)(F)C(F)(F)C(F)(F)C(F)(F)C(F)(F)C(F)(F)C(F)(F)C(F)(F)F)c2cc(C#CCO)ccc21. The van der Waals surface area contributed by atoms with Gasteiger partial charge in [-0.15, -0.1) is 0 Å². The van der Waals surface area contributed by atoms with Crippen LogP contribution in [0.1, 0.15) is 37.8 Å². The molecule has 274 valence electrons. The molecule has 1 amide bonds. The number of sulfone groups is 1. The van der Waals surface area contributed by atoms with Gasteiger partial charge in [-0.05, 0) is 31.5 Å². The van der Waals surface area contributed by atoms with Gasteiger partial charge in [0.15, 0.2) is 14.6 Å². The second kappa shape index (κ2) is 12.1. The summed E-state index contributed by atoms with van der Waals surface area (Å²) in [4.78, 5) is 14.0. The molecule has 0 bridgehead atoms. The average molecular weight is 753 g/mol. The van der Waals surface area contributed by atoms with Gasteiger partial charge in [0.2, 0.25) is 0 Å². The van der Waals surface area contributed by atoms with Gasteiger partial charge in [-0.3, -0.25) is 4.79 Å². The fourth-order valence-corrected chi connectivity index (χ4v) is 6.23. The van der Waals surface area contributed by atoms with E-state index in [0.717, 1.165) is 17.0 Å². The maximum Gasteiger partial charge on any atom is 0.460 e. The van der Waals surface area contributed by atoms with E-state index in [2.05, 4.69) is 11.8 Å². The zero-order valence-corrected chi connectivity index (χ0v) is 24.5. The minimum absolute atomic E-state index is 0.111. The van der Waals surface area contributed by atoms with Crippen LogP contribution in [0.3, 0.4) is 0 Å². The quantitative estimate of drug-likeness (QED) is 0.188. The van der Waals surface area contributed by atoms with E-state index in [4.69, 9.17) is 5.11 Å². The molecule has 0 saturated heterocycles. The maximum absolute atomic E-state index is 14.5. The van der Waals surface area contributed by atoms with E-state index in [1.165, 1.54) is 13.0 Å². The molecule has 23 heteroatoms. The Morgan fingerprint density at radius 2 is 1.23 bits per heavy atom. The number of hydrogen-bond donors (Lipinski definition) is 1. The third kappa shape index (κ3) is 5.63. The van der Waals surface area contributed by atoms with E-state index in [1.54, 1.807) is 0 Å². The number of aliphatic hydroxyl groups is 1. The number of aliphatic hydroxyl groups excluding tert-OH is 1. The second-order valence-corrected chi connectivity index (χ2v) is 12.9. The van der Waals surface area contributed by atoms with Crippen LogP contribution in [0.5, 0.6) is 0 Å². The average Bonchev–Trinajstić information content (AvgIpc) is 3.16. The van der Waals surface area contributed by atoms with Crippen LogP contribution in [0.15, 0.2) is 18.2 Å². The Labute approximate surface area is 259 Å². The Hall–Kier alpha value is -3.03. The lowest BCUT2D eigenvalue weighted by atomic mass is 9.88. The Morgan fingerprint density at radius 1 is 0.771 bits per heavy atom. The predicted molar refractivity (Wildman–Crippen MR) is 129 cm³/mol. The van der Waals surface area contributed by atoms with Crippen LogP contribution in [0.4, 0.5) is 80.3 Å². The summed E-state index contributed by atoms with van der Waals surface area (Å²) in [5.74, 6) is -57.7. The van der Waals surface area contributed by atoms with E-state index in [0.29, 0.717) is 6.92 Å². The number of nitrogens with zero attached hydrogens (tertiary/aromatic N) is 1. The van der Waals surface area contributed by atoms with Gasteiger partial charge in [0.05, 0.1) is 5.75 Å². The minimum Gasteiger partial charge on any atom is -0.384 e. The lowest BCUT2D eigenvalue weighted by Gasteiger charge is -2.42. The molecule has 48 heavy (non-hydrogen) atoms. The number of alkyl halides is 17. The summed E-state index contributed by atoms with van der Waals surface area (Å²) in [7, 11) is -5.70. The van der Waals surface area contributed by atoms with Crippen molar-refractivity contribution in [3.05, 3.63) is 29.3 Å². The number of hydrogen-bond acceptors (Lipinski definition) is 4. The van der Waals surface area contributed by atoms with Crippen LogP contribution in [0, 0.1) is 11.8 Å². The number of halogens is 17. The van der Waals surface area contributed by atoms with E-state index < -0.39 is 92.5 Å². The Morgan fingerprint density at radius 3 is 1.67 bits per heavy atom. The van der Waals surface area contributed by atoms with Gasteiger partial charge in [-0.1, -0.05) is 18.8 Å². The highest BCUT2D eigenvalue weighted by molar-refractivity contribution is 7.93. The monoisotopic (exact) mass is 753 g/mol. The summed E-state index contributed by atoms with van der Waals surface area (Å²) in [5, 5.41) is 8.86. The molecule has 1 aliphatic rings. The Bertz CT molecular complexity index is 1580. The fourth-order valence-electron chi connectivity index (χ4n) is 4.42. The van der Waals surface area contributed by atoms with E-state index in [1.807, 2.05) is 0 Å². The molecule has 0 saturated carbocycles. The van der Waals surface area contributed by atoms with Crippen molar-refractivity contribution < 1.29 is 93.0 Å². The van der Waals surface area contributed by atoms with E-state index in [9.17, 15) is 87.8 Å². The van der Waals surface area contributed by atoms with Crippen molar-refractivity contribution in [2.45, 2.75) is 79.1 Å². The number of carbonyl (C=O) groups excluding carboxylic acids is 1. The van der Waals surface area contributed by atoms with E-state index in [-0.39, 0.29) is 24.2 Å². The lowest BCUT2D eigenvalue weighted by molar-refractivity contribution is -0.461. The highest BCUT2D eigenvalue weighted by Gasteiger charge is 2.95. The van der Waals surface area contributed by atoms with Crippen molar-refractivity contribution >= 4 is 21.4 Å². The summed E-state index contributed by atoms with van der Waals surface area (Å²) in [5.41, 5.74) is -0.905. The van der Waals surface area contributed by atoms with Crippen molar-refractivity contribution in [2.75, 3.05) is 23.8 Å². The van der Waals surface area contributed by atoms with Gasteiger partial charge in [0, 0.05) is 29.8 Å². The van der Waals surface area contributed by atoms with Gasteiger partial charge in [-0.25, -0.2) is 8.42 Å². The van der Waals surface area contributed by atoms with Crippen molar-refractivity contribution in [1.29, 1.82) is 0 Å². The number of carbonyl (C=O) groups is 1. The van der Waals surface area contributed by atoms with Gasteiger partial charge in [0.1, 0.15) is 6.61 Å². The molecule has 2 rings (SSSR count). The molecule has 0 aromatic heterocycles. The normalized spacial score (nSPS) is 18.9. The third-order valence-corrected chi connectivity index (χ3v) is 9.69. The van der Waals surface area contributed by atoms with Crippen molar-refractivity contribution in [3.8, 4) is 11.8 Å². The van der Waals surface area contributed by atoms with Crippen LogP contribution < -0.4 is 4.90 Å². The first-order valence-corrected chi connectivity index (χ1v) is 14.4. The van der Waals surface area contributed by atoms with Gasteiger partial charge in [-0.2, -0.15) is 74.6 Å². The minimum atomic E-state index is -8.82. The summed E-state index contributed by atoms with van der Waals surface area (Å²) in [6, 6.07) is 3.16. The molecule has 1 N–H and O–H groups in total. The van der Waals surface area contributed by atoms with Crippen molar-refractivity contribution in [2.24, 2.45) is 0 Å². The topological polar surface area (TPSA) is 74.7 Å². The molecule has 1 aliphatic heterocycles. The van der Waals surface area contributed by atoms with Crippen LogP contribution in [-0.4, -0.2) is 86.0 Å². The van der Waals surface area contributed by atoms with Crippen molar-refractivity contribution in [3.63, 3.8) is 0 Å².